The number of hydrogen-bond acceptors (Lipinski definition) is 5. The zero-order valence-corrected chi connectivity index (χ0v) is 20.5. The Morgan fingerprint density at radius 1 is 1.17 bits per heavy atom. The monoisotopic (exact) mass is 468 g/mol. The molecule has 1 aliphatic heterocycles. The molecule has 0 radical (unpaired) electrons. The molecule has 180 valence electrons. The molecule has 0 saturated heterocycles. The Balaban J connectivity index is 1.56. The van der Waals surface area contributed by atoms with Crippen LogP contribution in [0.25, 0.3) is 11.1 Å². The van der Waals surface area contributed by atoms with Crippen LogP contribution in [0, 0.1) is 23.2 Å². The van der Waals surface area contributed by atoms with E-state index < -0.39 is 0 Å². The molecule has 5 rings (SSSR count). The van der Waals surface area contributed by atoms with Crippen LogP contribution in [-0.2, 0) is 11.3 Å². The molecule has 2 heterocycles. The molecule has 7 nitrogen and oxygen atoms in total. The topological polar surface area (TPSA) is 86.0 Å². The highest BCUT2D eigenvalue weighted by Crippen LogP contribution is 2.50. The summed E-state index contributed by atoms with van der Waals surface area (Å²) in [5.74, 6) is 0.861. The molecule has 1 saturated carbocycles. The summed E-state index contributed by atoms with van der Waals surface area (Å²) in [6.07, 6.45) is 6.32. The molecule has 0 spiro atoms. The molecule has 0 unspecified atom stereocenters. The number of carbonyl (C=O) groups excluding carboxylic acids is 1. The van der Waals surface area contributed by atoms with Gasteiger partial charge >= 0.3 is 0 Å². The van der Waals surface area contributed by atoms with Crippen LogP contribution in [0.1, 0.15) is 43.9 Å². The average Bonchev–Trinajstić information content (AvgIpc) is 3.60. The van der Waals surface area contributed by atoms with Crippen LogP contribution in [0.2, 0.25) is 0 Å². The Kier molecular flexibility index (Phi) is 6.31. The zero-order chi connectivity index (χ0) is 24.5. The minimum Gasteiger partial charge on any atom is -0.378 e. The maximum Gasteiger partial charge on any atom is 0.224 e. The molecule has 0 bridgehead atoms. The quantitative estimate of drug-likeness (QED) is 0.530. The second kappa shape index (κ2) is 9.55. The van der Waals surface area contributed by atoms with Crippen LogP contribution in [0.3, 0.4) is 0 Å². The Morgan fingerprint density at radius 3 is 2.60 bits per heavy atom. The molecular formula is C28H32N6O. The molecule has 2 aromatic carbocycles. The van der Waals surface area contributed by atoms with Crippen molar-refractivity contribution in [3.63, 3.8) is 0 Å². The zero-order valence-electron chi connectivity index (χ0n) is 20.5. The lowest BCUT2D eigenvalue weighted by atomic mass is 9.79. The smallest absolute Gasteiger partial charge is 0.224 e. The van der Waals surface area contributed by atoms with Gasteiger partial charge in [0.05, 0.1) is 30.4 Å². The number of aromatic nitrogens is 2. The number of nitriles is 1. The lowest BCUT2D eigenvalue weighted by molar-refractivity contribution is -0.117. The van der Waals surface area contributed by atoms with Crippen molar-refractivity contribution in [1.29, 1.82) is 5.26 Å². The second-order valence-corrected chi connectivity index (χ2v) is 9.76. The van der Waals surface area contributed by atoms with Gasteiger partial charge in [0.1, 0.15) is 0 Å². The van der Waals surface area contributed by atoms with Gasteiger partial charge in [-0.15, -0.1) is 0 Å². The summed E-state index contributed by atoms with van der Waals surface area (Å²) in [6.45, 7) is 5.60. The minimum atomic E-state index is 0.0402. The van der Waals surface area contributed by atoms with E-state index >= 15 is 0 Å². The molecule has 1 aromatic heterocycles. The summed E-state index contributed by atoms with van der Waals surface area (Å²) in [4.78, 5) is 14.9. The van der Waals surface area contributed by atoms with Gasteiger partial charge in [0.25, 0.3) is 0 Å². The second-order valence-electron chi connectivity index (χ2n) is 9.76. The van der Waals surface area contributed by atoms with E-state index in [0.29, 0.717) is 11.5 Å². The SMILES string of the molecule is CNCCn1cc(-c2ccc3c(c2)[C@H](Nc2ccc(C#N)cc2)[C@@H](C)[C@H](C2CC2)N3C(C)=O)cn1. The minimum absolute atomic E-state index is 0.0402. The number of benzene rings is 2. The lowest BCUT2D eigenvalue weighted by Gasteiger charge is -2.46. The van der Waals surface area contributed by atoms with Gasteiger partial charge in [0.2, 0.25) is 5.91 Å². The molecule has 1 amide bonds. The first-order valence-electron chi connectivity index (χ1n) is 12.4. The summed E-state index contributed by atoms with van der Waals surface area (Å²) in [5, 5.41) is 20.6. The highest BCUT2D eigenvalue weighted by atomic mass is 16.2. The van der Waals surface area contributed by atoms with Gasteiger partial charge in [-0.3, -0.25) is 9.48 Å². The Bertz CT molecular complexity index is 1250. The van der Waals surface area contributed by atoms with Crippen molar-refractivity contribution in [1.82, 2.24) is 15.1 Å². The number of nitrogens with one attached hydrogen (secondary N) is 2. The van der Waals surface area contributed by atoms with Gasteiger partial charge in [-0.05, 0) is 73.3 Å². The molecule has 7 heteroatoms. The van der Waals surface area contributed by atoms with E-state index in [4.69, 9.17) is 0 Å². The highest BCUT2D eigenvalue weighted by Gasteiger charge is 2.47. The van der Waals surface area contributed by atoms with Gasteiger partial charge in [-0.2, -0.15) is 10.4 Å². The van der Waals surface area contributed by atoms with Gasteiger partial charge in [0.15, 0.2) is 0 Å². The first-order valence-corrected chi connectivity index (χ1v) is 12.4. The predicted octanol–water partition coefficient (Wildman–Crippen LogP) is 4.58. The molecule has 1 aliphatic carbocycles. The van der Waals surface area contributed by atoms with Crippen LogP contribution >= 0.6 is 0 Å². The molecule has 35 heavy (non-hydrogen) atoms. The summed E-state index contributed by atoms with van der Waals surface area (Å²) >= 11 is 0. The van der Waals surface area contributed by atoms with Crippen molar-refractivity contribution in [3.05, 3.63) is 66.0 Å². The van der Waals surface area contributed by atoms with Crippen LogP contribution in [0.4, 0.5) is 11.4 Å². The van der Waals surface area contributed by atoms with Gasteiger partial charge in [-0.1, -0.05) is 13.0 Å². The lowest BCUT2D eigenvalue weighted by Crippen LogP contribution is -2.51. The molecule has 3 aromatic rings. The summed E-state index contributed by atoms with van der Waals surface area (Å²) in [6, 6.07) is 16.4. The van der Waals surface area contributed by atoms with Gasteiger partial charge in [-0.25, -0.2) is 0 Å². The summed E-state index contributed by atoms with van der Waals surface area (Å²) in [7, 11) is 1.94. The van der Waals surface area contributed by atoms with E-state index in [2.05, 4.69) is 53.1 Å². The van der Waals surface area contributed by atoms with E-state index in [-0.39, 0.29) is 23.9 Å². The summed E-state index contributed by atoms with van der Waals surface area (Å²) < 4.78 is 1.95. The van der Waals surface area contributed by atoms with E-state index in [1.165, 1.54) is 12.8 Å². The fourth-order valence-corrected chi connectivity index (χ4v) is 5.43. The van der Waals surface area contributed by atoms with E-state index in [9.17, 15) is 10.1 Å². The Hall–Kier alpha value is -3.63. The third kappa shape index (κ3) is 4.54. The number of amides is 1. The third-order valence-corrected chi connectivity index (χ3v) is 7.32. The Morgan fingerprint density at radius 2 is 1.94 bits per heavy atom. The fraction of sp³-hybridized carbons (Fsp3) is 0.393. The van der Waals surface area contributed by atoms with Crippen LogP contribution in [0.15, 0.2) is 54.9 Å². The van der Waals surface area contributed by atoms with Crippen molar-refractivity contribution in [2.45, 2.75) is 45.3 Å². The standard InChI is InChI=1S/C28H32N6O/c1-18-27(32-24-9-4-20(15-29)5-10-24)25-14-22(23-16-31-33(17-23)13-12-30-3)8-11-26(25)34(19(2)35)28(18)21-6-7-21/h4-5,8-11,14,16-18,21,27-28,30,32H,6-7,12-13H2,1-3H3/t18-,27-,28-/m1/s1. The van der Waals surface area contributed by atoms with Crippen LogP contribution in [-0.4, -0.2) is 35.3 Å². The maximum atomic E-state index is 12.9. The first-order chi connectivity index (χ1) is 17.0. The first kappa shape index (κ1) is 23.1. The Labute approximate surface area is 206 Å². The summed E-state index contributed by atoms with van der Waals surface area (Å²) in [5.41, 5.74) is 5.88. The number of fused-ring (bicyclic) bond motifs is 1. The number of hydrogen-bond donors (Lipinski definition) is 2. The molecule has 2 N–H and O–H groups in total. The van der Waals surface area contributed by atoms with Crippen molar-refractivity contribution in [3.8, 4) is 17.2 Å². The van der Waals surface area contributed by atoms with Crippen LogP contribution < -0.4 is 15.5 Å². The largest absolute Gasteiger partial charge is 0.378 e. The number of carbonyl (C=O) groups is 1. The number of nitrogens with zero attached hydrogens (tertiary/aromatic N) is 4. The average molecular weight is 469 g/mol. The highest BCUT2D eigenvalue weighted by molar-refractivity contribution is 5.94. The van der Waals surface area contributed by atoms with Gasteiger partial charge < -0.3 is 15.5 Å². The normalized spacial score (nSPS) is 21.3. The molecular weight excluding hydrogens is 436 g/mol. The third-order valence-electron chi connectivity index (χ3n) is 7.32. The van der Waals surface area contributed by atoms with Crippen molar-refractivity contribution < 1.29 is 4.79 Å². The van der Waals surface area contributed by atoms with Gasteiger partial charge in [0, 0.05) is 48.6 Å². The fourth-order valence-electron chi connectivity index (χ4n) is 5.43. The van der Waals surface area contributed by atoms with E-state index in [1.807, 2.05) is 47.1 Å². The predicted molar refractivity (Wildman–Crippen MR) is 138 cm³/mol. The van der Waals surface area contributed by atoms with Crippen molar-refractivity contribution in [2.24, 2.45) is 11.8 Å². The van der Waals surface area contributed by atoms with Crippen molar-refractivity contribution >= 4 is 17.3 Å². The number of anilines is 2. The molecule has 2 aliphatic rings. The molecule has 3 atom stereocenters. The van der Waals surface area contributed by atoms with Crippen molar-refractivity contribution in [2.75, 3.05) is 23.8 Å². The number of likely N-dealkylation sites (N-methyl/N-ethyl adjacent to an activating group) is 1. The molecule has 1 fully saturated rings. The van der Waals surface area contributed by atoms with E-state index in [0.717, 1.165) is 41.2 Å². The maximum absolute atomic E-state index is 12.9. The van der Waals surface area contributed by atoms with Crippen LogP contribution in [0.5, 0.6) is 0 Å². The number of rotatable bonds is 7. The van der Waals surface area contributed by atoms with E-state index in [1.54, 1.807) is 6.92 Å².